The SMILES string of the molecule is C[N-][C@@]1(C)CC[C@H]2[C@H]3[C@H]4[C@H](CC[C@@H]31)[C@H](C)C(C)=C[C@@H]4C[C@@H]2C. The van der Waals surface area contributed by atoms with E-state index in [1.54, 1.807) is 5.57 Å². The van der Waals surface area contributed by atoms with Crippen molar-refractivity contribution in [3.05, 3.63) is 17.0 Å². The highest BCUT2D eigenvalue weighted by atomic mass is 15.0. The van der Waals surface area contributed by atoms with Crippen LogP contribution in [0, 0.1) is 47.3 Å². The van der Waals surface area contributed by atoms with E-state index in [-0.39, 0.29) is 5.54 Å². The van der Waals surface area contributed by atoms with Crippen LogP contribution in [0.5, 0.6) is 0 Å². The molecule has 0 amide bonds. The normalized spacial score (nSPS) is 57.0. The minimum atomic E-state index is 0.271. The molecule has 0 aromatic carbocycles. The molecule has 4 aliphatic carbocycles. The van der Waals surface area contributed by atoms with E-state index < -0.39 is 0 Å². The van der Waals surface area contributed by atoms with E-state index >= 15 is 0 Å². The van der Waals surface area contributed by atoms with Gasteiger partial charge in [0.25, 0.3) is 0 Å². The molecule has 4 aliphatic rings. The molecular weight excluding hydrogens is 266 g/mol. The summed E-state index contributed by atoms with van der Waals surface area (Å²) < 4.78 is 0. The topological polar surface area (TPSA) is 14.1 Å². The number of allylic oxidation sites excluding steroid dienone is 2. The number of hydrogen-bond donors (Lipinski definition) is 0. The fourth-order valence-corrected chi connectivity index (χ4v) is 7.35. The third-order valence-corrected chi connectivity index (χ3v) is 8.71. The van der Waals surface area contributed by atoms with Gasteiger partial charge < -0.3 is 5.32 Å². The Morgan fingerprint density at radius 2 is 1.86 bits per heavy atom. The lowest BCUT2D eigenvalue weighted by Crippen LogP contribution is -2.58. The first-order chi connectivity index (χ1) is 10.5. The molecular formula is C21H34N-. The number of hydrogen-bond acceptors (Lipinski definition) is 0. The first kappa shape index (κ1) is 15.2. The fourth-order valence-electron chi connectivity index (χ4n) is 7.35. The average molecular weight is 301 g/mol. The van der Waals surface area contributed by atoms with E-state index in [4.69, 9.17) is 5.32 Å². The summed E-state index contributed by atoms with van der Waals surface area (Å²) in [6.45, 7) is 9.92. The minimum absolute atomic E-state index is 0.271. The first-order valence-corrected chi connectivity index (χ1v) is 9.75. The number of nitrogens with zero attached hydrogens (tertiary/aromatic N) is 1. The summed E-state index contributed by atoms with van der Waals surface area (Å²) in [4.78, 5) is 0. The highest BCUT2D eigenvalue weighted by molar-refractivity contribution is 5.22. The van der Waals surface area contributed by atoms with E-state index in [1.807, 2.05) is 0 Å². The Morgan fingerprint density at radius 3 is 2.59 bits per heavy atom. The van der Waals surface area contributed by atoms with Gasteiger partial charge in [0.2, 0.25) is 0 Å². The van der Waals surface area contributed by atoms with Crippen LogP contribution < -0.4 is 0 Å². The summed E-state index contributed by atoms with van der Waals surface area (Å²) in [5, 5.41) is 4.93. The molecule has 0 spiro atoms. The Balaban J connectivity index is 1.76. The molecule has 0 unspecified atom stereocenters. The predicted molar refractivity (Wildman–Crippen MR) is 93.8 cm³/mol. The molecule has 0 saturated heterocycles. The van der Waals surface area contributed by atoms with Crippen LogP contribution >= 0.6 is 0 Å². The van der Waals surface area contributed by atoms with Gasteiger partial charge in [-0.25, -0.2) is 0 Å². The van der Waals surface area contributed by atoms with Crippen molar-refractivity contribution in [2.45, 2.75) is 65.3 Å². The van der Waals surface area contributed by atoms with E-state index in [2.05, 4.69) is 40.8 Å². The molecule has 0 heterocycles. The van der Waals surface area contributed by atoms with Gasteiger partial charge in [-0.3, -0.25) is 0 Å². The van der Waals surface area contributed by atoms with Crippen LogP contribution in [0.25, 0.3) is 5.32 Å². The molecule has 0 aromatic rings. The summed E-state index contributed by atoms with van der Waals surface area (Å²) in [6, 6.07) is 0. The lowest BCUT2D eigenvalue weighted by Gasteiger charge is -2.67. The van der Waals surface area contributed by atoms with Gasteiger partial charge in [0.05, 0.1) is 0 Å². The molecule has 3 saturated carbocycles. The van der Waals surface area contributed by atoms with Gasteiger partial charge in [0.1, 0.15) is 0 Å². The standard InChI is InChI=1S/C21H34N/c1-12-10-15-11-13(2)16-8-9-21(4,22-5)18-7-6-17(14(12)3)19(15)20(16)18/h10,13-20H,6-9,11H2,1-5H3/q-1/t13-,14+,15+,16+,17+,18-,19+,20+,21-/m0/s1. The summed E-state index contributed by atoms with van der Waals surface area (Å²) in [5.74, 6) is 7.37. The molecule has 0 N–H and O–H groups in total. The van der Waals surface area contributed by atoms with Crippen LogP contribution in [0.4, 0.5) is 0 Å². The zero-order valence-electron chi connectivity index (χ0n) is 15.2. The Labute approximate surface area is 137 Å². The van der Waals surface area contributed by atoms with Crippen LogP contribution in [-0.4, -0.2) is 12.6 Å². The molecule has 0 aliphatic heterocycles. The maximum atomic E-state index is 4.93. The monoisotopic (exact) mass is 300 g/mol. The van der Waals surface area contributed by atoms with Crippen LogP contribution in [0.1, 0.15) is 59.8 Å². The second kappa shape index (κ2) is 5.10. The Kier molecular flexibility index (Phi) is 3.53. The van der Waals surface area contributed by atoms with Crippen molar-refractivity contribution in [3.63, 3.8) is 0 Å². The van der Waals surface area contributed by atoms with Crippen molar-refractivity contribution < 1.29 is 0 Å². The fraction of sp³-hybridized carbons (Fsp3) is 0.905. The van der Waals surface area contributed by atoms with E-state index in [1.165, 1.54) is 32.1 Å². The molecule has 9 atom stereocenters. The number of rotatable bonds is 1. The van der Waals surface area contributed by atoms with Crippen LogP contribution in [0.2, 0.25) is 0 Å². The van der Waals surface area contributed by atoms with Gasteiger partial charge in [-0.05, 0) is 61.2 Å². The highest BCUT2D eigenvalue weighted by Crippen LogP contribution is 2.64. The van der Waals surface area contributed by atoms with Gasteiger partial charge in [-0.1, -0.05) is 57.6 Å². The molecule has 0 radical (unpaired) electrons. The van der Waals surface area contributed by atoms with Gasteiger partial charge in [-0.2, -0.15) is 7.05 Å². The minimum Gasteiger partial charge on any atom is -0.659 e. The second-order valence-corrected chi connectivity index (χ2v) is 9.36. The summed E-state index contributed by atoms with van der Waals surface area (Å²) in [7, 11) is 2.09. The maximum absolute atomic E-state index is 4.93. The molecule has 124 valence electrons. The van der Waals surface area contributed by atoms with E-state index in [0.717, 1.165) is 47.3 Å². The molecule has 1 heteroatoms. The van der Waals surface area contributed by atoms with Gasteiger partial charge in [0, 0.05) is 0 Å². The van der Waals surface area contributed by atoms with Crippen molar-refractivity contribution in [2.24, 2.45) is 47.3 Å². The highest BCUT2D eigenvalue weighted by Gasteiger charge is 2.56. The molecule has 4 rings (SSSR count). The third kappa shape index (κ3) is 1.93. The Bertz CT molecular complexity index is 480. The predicted octanol–water partition coefficient (Wildman–Crippen LogP) is 5.67. The van der Waals surface area contributed by atoms with Crippen LogP contribution in [-0.2, 0) is 0 Å². The lowest BCUT2D eigenvalue weighted by atomic mass is 9.43. The van der Waals surface area contributed by atoms with Gasteiger partial charge in [0.15, 0.2) is 0 Å². The van der Waals surface area contributed by atoms with Gasteiger partial charge in [-0.15, -0.1) is 5.54 Å². The zero-order valence-corrected chi connectivity index (χ0v) is 15.2. The average Bonchev–Trinajstić information content (AvgIpc) is 2.51. The second-order valence-electron chi connectivity index (χ2n) is 9.36. The molecule has 3 fully saturated rings. The summed E-state index contributed by atoms with van der Waals surface area (Å²) in [5.41, 5.74) is 1.96. The first-order valence-electron chi connectivity index (χ1n) is 9.75. The van der Waals surface area contributed by atoms with E-state index in [9.17, 15) is 0 Å². The molecule has 22 heavy (non-hydrogen) atoms. The van der Waals surface area contributed by atoms with Crippen molar-refractivity contribution in [2.75, 3.05) is 7.05 Å². The molecule has 0 aromatic heterocycles. The van der Waals surface area contributed by atoms with E-state index in [0.29, 0.717) is 0 Å². The van der Waals surface area contributed by atoms with Gasteiger partial charge >= 0.3 is 0 Å². The van der Waals surface area contributed by atoms with Crippen molar-refractivity contribution in [3.8, 4) is 0 Å². The smallest absolute Gasteiger partial charge is 0.0194 e. The largest absolute Gasteiger partial charge is 0.659 e. The molecule has 0 bridgehead atoms. The van der Waals surface area contributed by atoms with Crippen LogP contribution in [0.15, 0.2) is 11.6 Å². The maximum Gasteiger partial charge on any atom is -0.0194 e. The van der Waals surface area contributed by atoms with Crippen molar-refractivity contribution >= 4 is 0 Å². The quantitative estimate of drug-likeness (QED) is 0.554. The zero-order chi connectivity index (χ0) is 15.6. The van der Waals surface area contributed by atoms with Crippen LogP contribution in [0.3, 0.4) is 0 Å². The lowest BCUT2D eigenvalue weighted by molar-refractivity contribution is -0.102. The van der Waals surface area contributed by atoms with Crippen molar-refractivity contribution in [1.29, 1.82) is 0 Å². The Morgan fingerprint density at radius 1 is 1.09 bits per heavy atom. The summed E-state index contributed by atoms with van der Waals surface area (Å²) >= 11 is 0. The summed E-state index contributed by atoms with van der Waals surface area (Å²) in [6.07, 6.45) is 9.82. The molecule has 1 nitrogen and oxygen atoms in total. The van der Waals surface area contributed by atoms with Crippen molar-refractivity contribution in [1.82, 2.24) is 0 Å². The Hall–Kier alpha value is -0.300. The third-order valence-electron chi connectivity index (χ3n) is 8.71.